The van der Waals surface area contributed by atoms with E-state index in [4.69, 9.17) is 0 Å². The summed E-state index contributed by atoms with van der Waals surface area (Å²) < 4.78 is 4.59. The minimum Gasteiger partial charge on any atom is -0.469 e. The summed E-state index contributed by atoms with van der Waals surface area (Å²) in [5.41, 5.74) is 0.658. The molecule has 0 fully saturated rings. The fourth-order valence-electron chi connectivity index (χ4n) is 2.95. The first kappa shape index (κ1) is 24.9. The number of amides is 1. The SMILES string of the molecule is C/C=C/C.COC(=O)CCCNC(=O)C(C)(C)CC(C)(C)c1ccccc1. The van der Waals surface area contributed by atoms with Crippen LogP contribution in [-0.4, -0.2) is 25.5 Å². The molecule has 0 unspecified atom stereocenters. The summed E-state index contributed by atoms with van der Waals surface area (Å²) in [4.78, 5) is 23.5. The Kier molecular flexibility index (Phi) is 11.4. The molecule has 0 aliphatic heterocycles. The van der Waals surface area contributed by atoms with Crippen LogP contribution in [0.25, 0.3) is 0 Å². The quantitative estimate of drug-likeness (QED) is 0.394. The van der Waals surface area contributed by atoms with E-state index in [0.717, 1.165) is 6.42 Å². The standard InChI is InChI=1S/C19H29NO3.C4H8/c1-18(2,15-10-7-6-8-11-15)14-19(3,4)17(22)20-13-9-12-16(21)23-5;1-3-4-2/h6-8,10-11H,9,12-14H2,1-5H3,(H,20,22);3-4H,1-2H3/b;4-3+. The molecule has 4 nitrogen and oxygen atoms in total. The van der Waals surface area contributed by atoms with Crippen molar-refractivity contribution >= 4 is 11.9 Å². The van der Waals surface area contributed by atoms with Gasteiger partial charge in [0.2, 0.25) is 5.91 Å². The number of ether oxygens (including phenoxy) is 1. The van der Waals surface area contributed by atoms with Crippen molar-refractivity contribution in [1.29, 1.82) is 0 Å². The van der Waals surface area contributed by atoms with Crippen LogP contribution in [0.15, 0.2) is 42.5 Å². The zero-order valence-electron chi connectivity index (χ0n) is 18.1. The van der Waals surface area contributed by atoms with Crippen LogP contribution in [0.2, 0.25) is 0 Å². The number of nitrogens with one attached hydrogen (secondary N) is 1. The van der Waals surface area contributed by atoms with Crippen molar-refractivity contribution in [2.75, 3.05) is 13.7 Å². The maximum atomic E-state index is 12.5. The average molecular weight is 376 g/mol. The molecule has 1 aromatic carbocycles. The van der Waals surface area contributed by atoms with Gasteiger partial charge in [-0.2, -0.15) is 0 Å². The summed E-state index contributed by atoms with van der Waals surface area (Å²) >= 11 is 0. The maximum absolute atomic E-state index is 12.5. The van der Waals surface area contributed by atoms with Crippen LogP contribution in [0.5, 0.6) is 0 Å². The van der Waals surface area contributed by atoms with Gasteiger partial charge in [0.1, 0.15) is 0 Å². The number of rotatable bonds is 8. The van der Waals surface area contributed by atoms with Crippen LogP contribution in [-0.2, 0) is 19.7 Å². The Morgan fingerprint density at radius 1 is 1.04 bits per heavy atom. The first-order valence-corrected chi connectivity index (χ1v) is 9.58. The molecule has 1 rings (SSSR count). The lowest BCUT2D eigenvalue weighted by atomic mass is 9.71. The first-order valence-electron chi connectivity index (χ1n) is 9.58. The molecule has 1 N–H and O–H groups in total. The average Bonchev–Trinajstić information content (AvgIpc) is 2.64. The fourth-order valence-corrected chi connectivity index (χ4v) is 2.95. The second-order valence-corrected chi connectivity index (χ2v) is 7.91. The predicted octanol–water partition coefficient (Wildman–Crippen LogP) is 5.03. The molecule has 0 saturated carbocycles. The van der Waals surface area contributed by atoms with Crippen molar-refractivity contribution in [3.8, 4) is 0 Å². The lowest BCUT2D eigenvalue weighted by Crippen LogP contribution is -2.41. The van der Waals surface area contributed by atoms with Crippen molar-refractivity contribution < 1.29 is 14.3 Å². The monoisotopic (exact) mass is 375 g/mol. The number of allylic oxidation sites excluding steroid dienone is 2. The third-order valence-electron chi connectivity index (χ3n) is 4.46. The molecule has 27 heavy (non-hydrogen) atoms. The summed E-state index contributed by atoms with van der Waals surface area (Å²) in [6, 6.07) is 10.3. The third-order valence-corrected chi connectivity index (χ3v) is 4.46. The number of carbonyl (C=O) groups is 2. The summed E-state index contributed by atoms with van der Waals surface area (Å²) in [5.74, 6) is -0.227. The molecule has 0 radical (unpaired) electrons. The maximum Gasteiger partial charge on any atom is 0.305 e. The molecule has 0 bridgehead atoms. The van der Waals surface area contributed by atoms with Gasteiger partial charge in [-0.25, -0.2) is 0 Å². The number of hydrogen-bond donors (Lipinski definition) is 1. The van der Waals surface area contributed by atoms with Crippen molar-refractivity contribution in [3.05, 3.63) is 48.0 Å². The summed E-state index contributed by atoms with van der Waals surface area (Å²) in [5, 5.41) is 2.93. The van der Waals surface area contributed by atoms with Gasteiger partial charge in [-0.3, -0.25) is 9.59 Å². The highest BCUT2D eigenvalue weighted by Crippen LogP contribution is 2.36. The fraction of sp³-hybridized carbons (Fsp3) is 0.565. The number of methoxy groups -OCH3 is 1. The molecule has 0 aromatic heterocycles. The van der Waals surface area contributed by atoms with Crippen LogP contribution < -0.4 is 5.32 Å². The van der Waals surface area contributed by atoms with Crippen LogP contribution in [0, 0.1) is 5.41 Å². The minimum absolute atomic E-state index is 0.0198. The lowest BCUT2D eigenvalue weighted by molar-refractivity contribution is -0.141. The van der Waals surface area contributed by atoms with Crippen molar-refractivity contribution in [2.45, 2.75) is 66.2 Å². The third kappa shape index (κ3) is 9.97. The normalized spacial score (nSPS) is 11.5. The second-order valence-electron chi connectivity index (χ2n) is 7.91. The predicted molar refractivity (Wildman–Crippen MR) is 113 cm³/mol. The van der Waals surface area contributed by atoms with E-state index in [9.17, 15) is 9.59 Å². The number of hydrogen-bond acceptors (Lipinski definition) is 3. The second kappa shape index (κ2) is 12.3. The lowest BCUT2D eigenvalue weighted by Gasteiger charge is -2.34. The Labute approximate surface area is 165 Å². The van der Waals surface area contributed by atoms with E-state index in [1.807, 2.05) is 58.0 Å². The number of esters is 1. The summed E-state index contributed by atoms with van der Waals surface area (Å²) in [7, 11) is 1.37. The number of benzene rings is 1. The topological polar surface area (TPSA) is 55.4 Å². The highest BCUT2D eigenvalue weighted by Gasteiger charge is 2.35. The van der Waals surface area contributed by atoms with Gasteiger partial charge in [0.15, 0.2) is 0 Å². The Bertz CT molecular complexity index is 585. The van der Waals surface area contributed by atoms with Crippen molar-refractivity contribution in [3.63, 3.8) is 0 Å². The van der Waals surface area contributed by atoms with E-state index in [1.165, 1.54) is 12.7 Å². The minimum atomic E-state index is -0.482. The van der Waals surface area contributed by atoms with E-state index in [-0.39, 0.29) is 17.3 Å². The van der Waals surface area contributed by atoms with Gasteiger partial charge in [0.25, 0.3) is 0 Å². The van der Waals surface area contributed by atoms with Crippen LogP contribution >= 0.6 is 0 Å². The van der Waals surface area contributed by atoms with Gasteiger partial charge in [-0.15, -0.1) is 0 Å². The van der Waals surface area contributed by atoms with Crippen LogP contribution in [0.3, 0.4) is 0 Å². The van der Waals surface area contributed by atoms with Crippen LogP contribution in [0.4, 0.5) is 0 Å². The zero-order chi connectivity index (χ0) is 20.9. The molecule has 1 amide bonds. The molecule has 0 saturated heterocycles. The van der Waals surface area contributed by atoms with Crippen molar-refractivity contribution in [2.24, 2.45) is 5.41 Å². The summed E-state index contributed by atoms with van der Waals surface area (Å²) in [6.07, 6.45) is 5.66. The van der Waals surface area contributed by atoms with Gasteiger partial charge >= 0.3 is 5.97 Å². The molecule has 4 heteroatoms. The van der Waals surface area contributed by atoms with E-state index >= 15 is 0 Å². The van der Waals surface area contributed by atoms with Gasteiger partial charge in [0, 0.05) is 18.4 Å². The molecular weight excluding hydrogens is 338 g/mol. The highest BCUT2D eigenvalue weighted by atomic mass is 16.5. The van der Waals surface area contributed by atoms with E-state index < -0.39 is 5.41 Å². The zero-order valence-corrected chi connectivity index (χ0v) is 18.1. The Hall–Kier alpha value is -2.10. The van der Waals surface area contributed by atoms with Crippen molar-refractivity contribution in [1.82, 2.24) is 5.32 Å². The van der Waals surface area contributed by atoms with E-state index in [0.29, 0.717) is 19.4 Å². The summed E-state index contributed by atoms with van der Waals surface area (Å²) in [6.45, 7) is 12.7. The molecule has 0 spiro atoms. The molecule has 0 aliphatic carbocycles. The highest BCUT2D eigenvalue weighted by molar-refractivity contribution is 5.82. The molecule has 0 aliphatic rings. The van der Waals surface area contributed by atoms with E-state index in [1.54, 1.807) is 0 Å². The Balaban J connectivity index is 0.00000153. The Morgan fingerprint density at radius 2 is 1.59 bits per heavy atom. The van der Waals surface area contributed by atoms with Gasteiger partial charge in [-0.1, -0.05) is 70.2 Å². The molecule has 152 valence electrons. The molecule has 0 heterocycles. The number of carbonyl (C=O) groups excluding carboxylic acids is 2. The first-order chi connectivity index (χ1) is 12.6. The molecule has 1 aromatic rings. The largest absolute Gasteiger partial charge is 0.469 e. The van der Waals surface area contributed by atoms with Gasteiger partial charge < -0.3 is 10.1 Å². The molecular formula is C23H37NO3. The van der Waals surface area contributed by atoms with E-state index in [2.05, 4.69) is 36.0 Å². The van der Waals surface area contributed by atoms with Crippen LogP contribution in [0.1, 0.15) is 66.4 Å². The Morgan fingerprint density at radius 3 is 2.07 bits per heavy atom. The molecule has 0 atom stereocenters. The van der Waals surface area contributed by atoms with Gasteiger partial charge in [-0.05, 0) is 37.7 Å². The smallest absolute Gasteiger partial charge is 0.305 e. The van der Waals surface area contributed by atoms with Gasteiger partial charge in [0.05, 0.1) is 7.11 Å².